The molecule has 0 rings (SSSR count). The van der Waals surface area contributed by atoms with E-state index in [4.69, 9.17) is 16.3 Å². The van der Waals surface area contributed by atoms with Crippen molar-refractivity contribution < 1.29 is 4.74 Å². The van der Waals surface area contributed by atoms with Gasteiger partial charge in [0.05, 0.1) is 0 Å². The number of rotatable bonds is 6. The zero-order valence-electron chi connectivity index (χ0n) is 8.69. The molecule has 0 aromatic carbocycles. The highest BCUT2D eigenvalue weighted by Gasteiger charge is 2.27. The minimum absolute atomic E-state index is 0.278. The Kier molecular flexibility index (Phi) is 5.94. The normalized spacial score (nSPS) is 18.8. The van der Waals surface area contributed by atoms with Gasteiger partial charge in [0.15, 0.2) is 0 Å². The summed E-state index contributed by atoms with van der Waals surface area (Å²) < 4.78 is 5.05. The third kappa shape index (κ3) is 3.32. The number of methoxy groups -OCH3 is 1. The molecule has 74 valence electrons. The third-order valence-electron chi connectivity index (χ3n) is 3.06. The van der Waals surface area contributed by atoms with Gasteiger partial charge in [0.25, 0.3) is 0 Å². The van der Waals surface area contributed by atoms with E-state index < -0.39 is 0 Å². The van der Waals surface area contributed by atoms with E-state index >= 15 is 0 Å². The summed E-state index contributed by atoms with van der Waals surface area (Å²) in [5, 5.41) is 0. The molecule has 0 spiro atoms. The van der Waals surface area contributed by atoms with Gasteiger partial charge in [0.1, 0.15) is 0 Å². The molecule has 0 fully saturated rings. The molecular formula is C10H21ClO. The van der Waals surface area contributed by atoms with Gasteiger partial charge in [0, 0.05) is 19.6 Å². The van der Waals surface area contributed by atoms with E-state index in [1.165, 1.54) is 0 Å². The fourth-order valence-electron chi connectivity index (χ4n) is 1.22. The average Bonchev–Trinajstić information content (AvgIpc) is 2.12. The second-order valence-corrected chi connectivity index (χ2v) is 4.09. The van der Waals surface area contributed by atoms with Gasteiger partial charge in [-0.05, 0) is 24.2 Å². The molecule has 0 aliphatic rings. The molecule has 12 heavy (non-hydrogen) atoms. The van der Waals surface area contributed by atoms with Crippen LogP contribution in [0.4, 0.5) is 0 Å². The first-order valence-corrected chi connectivity index (χ1v) is 5.19. The van der Waals surface area contributed by atoms with Crippen LogP contribution in [0.25, 0.3) is 0 Å². The van der Waals surface area contributed by atoms with E-state index in [0.29, 0.717) is 5.92 Å². The number of ether oxygens (including phenoxy) is 1. The summed E-state index contributed by atoms with van der Waals surface area (Å²) in [6, 6.07) is 0. The van der Waals surface area contributed by atoms with Gasteiger partial charge in [-0.3, -0.25) is 0 Å². The molecule has 2 atom stereocenters. The predicted molar refractivity (Wildman–Crippen MR) is 54.8 cm³/mol. The van der Waals surface area contributed by atoms with Gasteiger partial charge < -0.3 is 4.74 Å². The van der Waals surface area contributed by atoms with Crippen LogP contribution in [0.15, 0.2) is 0 Å². The Hall–Kier alpha value is 0.250. The van der Waals surface area contributed by atoms with Gasteiger partial charge in [-0.25, -0.2) is 0 Å². The molecule has 0 aromatic rings. The Morgan fingerprint density at radius 1 is 1.50 bits per heavy atom. The van der Waals surface area contributed by atoms with Crippen LogP contribution in [0.1, 0.15) is 33.6 Å². The molecule has 0 aliphatic carbocycles. The van der Waals surface area contributed by atoms with Crippen LogP contribution in [-0.2, 0) is 4.74 Å². The lowest BCUT2D eigenvalue weighted by atomic mass is 9.76. The lowest BCUT2D eigenvalue weighted by Gasteiger charge is -2.32. The zero-order chi connectivity index (χ0) is 9.61. The molecule has 0 saturated heterocycles. The van der Waals surface area contributed by atoms with Crippen LogP contribution in [-0.4, -0.2) is 19.6 Å². The molecule has 0 N–H and O–H groups in total. The summed E-state index contributed by atoms with van der Waals surface area (Å²) >= 11 is 5.94. The average molecular weight is 193 g/mol. The summed E-state index contributed by atoms with van der Waals surface area (Å²) in [6.45, 7) is 7.55. The molecule has 0 heterocycles. The Balaban J connectivity index is 3.93. The third-order valence-corrected chi connectivity index (χ3v) is 3.67. The van der Waals surface area contributed by atoms with Crippen molar-refractivity contribution in [2.24, 2.45) is 11.3 Å². The van der Waals surface area contributed by atoms with Crippen molar-refractivity contribution in [3.63, 3.8) is 0 Å². The Bertz CT molecular complexity index is 110. The fourth-order valence-corrected chi connectivity index (χ4v) is 1.67. The second-order valence-electron chi connectivity index (χ2n) is 3.82. The van der Waals surface area contributed by atoms with E-state index in [1.54, 1.807) is 7.11 Å². The lowest BCUT2D eigenvalue weighted by molar-refractivity contribution is 0.135. The topological polar surface area (TPSA) is 9.23 Å². The van der Waals surface area contributed by atoms with E-state index in [-0.39, 0.29) is 5.41 Å². The minimum atomic E-state index is 0.278. The molecular weight excluding hydrogens is 172 g/mol. The first kappa shape index (κ1) is 12.2. The van der Waals surface area contributed by atoms with Crippen molar-refractivity contribution >= 4 is 11.6 Å². The molecule has 0 aromatic heterocycles. The highest BCUT2D eigenvalue weighted by Crippen LogP contribution is 2.34. The van der Waals surface area contributed by atoms with Crippen LogP contribution in [0, 0.1) is 11.3 Å². The van der Waals surface area contributed by atoms with Gasteiger partial charge in [-0.15, -0.1) is 11.6 Å². The van der Waals surface area contributed by atoms with Crippen LogP contribution in [0.2, 0.25) is 0 Å². The Labute approximate surface area is 81.4 Å². The lowest BCUT2D eigenvalue weighted by Crippen LogP contribution is -2.27. The summed E-state index contributed by atoms with van der Waals surface area (Å²) in [5.74, 6) is 1.38. The van der Waals surface area contributed by atoms with Crippen LogP contribution in [0.3, 0.4) is 0 Å². The van der Waals surface area contributed by atoms with E-state index in [9.17, 15) is 0 Å². The standard InChI is InChI=1S/C10H21ClO/c1-5-10(3,8-11)9(2)6-7-12-4/h9H,5-8H2,1-4H3. The fraction of sp³-hybridized carbons (Fsp3) is 1.00. The summed E-state index contributed by atoms with van der Waals surface area (Å²) in [7, 11) is 1.75. The van der Waals surface area contributed by atoms with Crippen molar-refractivity contribution in [2.75, 3.05) is 19.6 Å². The van der Waals surface area contributed by atoms with Gasteiger partial charge >= 0.3 is 0 Å². The second kappa shape index (κ2) is 5.82. The maximum atomic E-state index is 5.94. The van der Waals surface area contributed by atoms with E-state index in [1.807, 2.05) is 0 Å². The Morgan fingerprint density at radius 2 is 2.08 bits per heavy atom. The number of hydrogen-bond donors (Lipinski definition) is 0. The number of alkyl halides is 1. The maximum absolute atomic E-state index is 5.94. The maximum Gasteiger partial charge on any atom is 0.0465 e. The molecule has 1 nitrogen and oxygen atoms in total. The Morgan fingerprint density at radius 3 is 2.42 bits per heavy atom. The van der Waals surface area contributed by atoms with Gasteiger partial charge in [-0.2, -0.15) is 0 Å². The SMILES string of the molecule is CCC(C)(CCl)C(C)CCOC. The molecule has 0 radical (unpaired) electrons. The highest BCUT2D eigenvalue weighted by atomic mass is 35.5. The smallest absolute Gasteiger partial charge is 0.0465 e. The van der Waals surface area contributed by atoms with Crippen LogP contribution < -0.4 is 0 Å². The van der Waals surface area contributed by atoms with Gasteiger partial charge in [0.2, 0.25) is 0 Å². The van der Waals surface area contributed by atoms with Crippen molar-refractivity contribution in [3.8, 4) is 0 Å². The van der Waals surface area contributed by atoms with Crippen molar-refractivity contribution in [1.82, 2.24) is 0 Å². The summed E-state index contributed by atoms with van der Waals surface area (Å²) in [5.41, 5.74) is 0.278. The van der Waals surface area contributed by atoms with Crippen molar-refractivity contribution in [3.05, 3.63) is 0 Å². The molecule has 0 aliphatic heterocycles. The van der Waals surface area contributed by atoms with Crippen molar-refractivity contribution in [1.29, 1.82) is 0 Å². The molecule has 2 unspecified atom stereocenters. The van der Waals surface area contributed by atoms with Gasteiger partial charge in [-0.1, -0.05) is 20.8 Å². The molecule has 2 heteroatoms. The van der Waals surface area contributed by atoms with Crippen LogP contribution >= 0.6 is 11.6 Å². The predicted octanol–water partition coefficient (Wildman–Crippen LogP) is 3.31. The number of hydrogen-bond acceptors (Lipinski definition) is 1. The molecule has 0 saturated carbocycles. The van der Waals surface area contributed by atoms with E-state index in [0.717, 1.165) is 25.3 Å². The van der Waals surface area contributed by atoms with Crippen molar-refractivity contribution in [2.45, 2.75) is 33.6 Å². The monoisotopic (exact) mass is 192 g/mol. The number of halogens is 1. The summed E-state index contributed by atoms with van der Waals surface area (Å²) in [6.07, 6.45) is 2.24. The van der Waals surface area contributed by atoms with E-state index in [2.05, 4.69) is 20.8 Å². The first-order chi connectivity index (χ1) is 5.60. The molecule has 0 amide bonds. The quantitative estimate of drug-likeness (QED) is 0.587. The minimum Gasteiger partial charge on any atom is -0.385 e. The first-order valence-electron chi connectivity index (χ1n) is 4.65. The zero-order valence-corrected chi connectivity index (χ0v) is 9.45. The highest BCUT2D eigenvalue weighted by molar-refractivity contribution is 6.18. The largest absolute Gasteiger partial charge is 0.385 e. The van der Waals surface area contributed by atoms with Crippen LogP contribution in [0.5, 0.6) is 0 Å². The molecule has 0 bridgehead atoms. The summed E-state index contributed by atoms with van der Waals surface area (Å²) in [4.78, 5) is 0.